The molecule has 0 bridgehead atoms. The molecule has 22 heavy (non-hydrogen) atoms. The largest absolute Gasteiger partial charge is 0.453 e. The molecule has 0 aromatic heterocycles. The molecule has 8 nitrogen and oxygen atoms in total. The standard InChI is InChI=1S/C14H22N4O4/c1-21-9-3-4-16-13(19)12(10-15)11-17-5-7-18(8-6-17)14(20)22-2/h11H,3-9H2,1-2H3,(H,16,19)/b12-11-. The molecule has 1 aliphatic rings. The molecule has 1 N–H and O–H groups in total. The highest BCUT2D eigenvalue weighted by Gasteiger charge is 2.21. The van der Waals surface area contributed by atoms with Crippen LogP contribution < -0.4 is 5.32 Å². The van der Waals surface area contributed by atoms with E-state index in [0.29, 0.717) is 45.8 Å². The van der Waals surface area contributed by atoms with Crippen LogP contribution in [-0.2, 0) is 14.3 Å². The molecule has 0 atom stereocenters. The predicted molar refractivity (Wildman–Crippen MR) is 78.7 cm³/mol. The Kier molecular flexibility index (Phi) is 7.78. The molecular formula is C14H22N4O4. The van der Waals surface area contributed by atoms with Gasteiger partial charge in [-0.1, -0.05) is 0 Å². The molecule has 2 amide bonds. The smallest absolute Gasteiger partial charge is 0.409 e. The van der Waals surface area contributed by atoms with E-state index in [9.17, 15) is 9.59 Å². The number of amides is 2. The highest BCUT2D eigenvalue weighted by molar-refractivity contribution is 5.97. The minimum Gasteiger partial charge on any atom is -0.453 e. The molecule has 1 aliphatic heterocycles. The van der Waals surface area contributed by atoms with Crippen molar-refractivity contribution in [1.29, 1.82) is 5.26 Å². The number of rotatable bonds is 6. The third-order valence-electron chi connectivity index (χ3n) is 3.23. The Hall–Kier alpha value is -2.27. The molecule has 1 rings (SSSR count). The van der Waals surface area contributed by atoms with Crippen LogP contribution in [0.15, 0.2) is 11.8 Å². The average Bonchev–Trinajstić information content (AvgIpc) is 2.56. The second-order valence-corrected chi connectivity index (χ2v) is 4.75. The average molecular weight is 310 g/mol. The van der Waals surface area contributed by atoms with Crippen LogP contribution in [0.5, 0.6) is 0 Å². The first-order valence-electron chi connectivity index (χ1n) is 7.08. The topological polar surface area (TPSA) is 94.9 Å². The van der Waals surface area contributed by atoms with E-state index in [1.165, 1.54) is 7.11 Å². The molecule has 0 saturated carbocycles. The number of carbonyl (C=O) groups is 2. The van der Waals surface area contributed by atoms with Crippen molar-refractivity contribution in [2.75, 3.05) is 53.6 Å². The second kappa shape index (κ2) is 9.63. The number of hydrogen-bond acceptors (Lipinski definition) is 6. The van der Waals surface area contributed by atoms with Crippen molar-refractivity contribution in [3.63, 3.8) is 0 Å². The third kappa shape index (κ3) is 5.61. The molecule has 1 fully saturated rings. The van der Waals surface area contributed by atoms with Crippen LogP contribution >= 0.6 is 0 Å². The van der Waals surface area contributed by atoms with Crippen molar-refractivity contribution in [2.24, 2.45) is 0 Å². The van der Waals surface area contributed by atoms with Gasteiger partial charge >= 0.3 is 6.09 Å². The number of nitriles is 1. The zero-order chi connectivity index (χ0) is 16.4. The zero-order valence-electron chi connectivity index (χ0n) is 13.0. The summed E-state index contributed by atoms with van der Waals surface area (Å²) in [6.07, 6.45) is 1.87. The fraction of sp³-hybridized carbons (Fsp3) is 0.643. The Balaban J connectivity index is 2.47. The van der Waals surface area contributed by atoms with E-state index >= 15 is 0 Å². The number of piperazine rings is 1. The Morgan fingerprint density at radius 2 is 1.95 bits per heavy atom. The van der Waals surface area contributed by atoms with Crippen LogP contribution in [0.3, 0.4) is 0 Å². The molecule has 0 aromatic carbocycles. The van der Waals surface area contributed by atoms with E-state index in [4.69, 9.17) is 10.00 Å². The second-order valence-electron chi connectivity index (χ2n) is 4.75. The minimum absolute atomic E-state index is 0.0592. The highest BCUT2D eigenvalue weighted by atomic mass is 16.5. The number of methoxy groups -OCH3 is 2. The van der Waals surface area contributed by atoms with Crippen molar-refractivity contribution in [1.82, 2.24) is 15.1 Å². The van der Waals surface area contributed by atoms with Gasteiger partial charge in [-0.25, -0.2) is 4.79 Å². The SMILES string of the molecule is COCCCNC(=O)/C(C#N)=C\N1CCN(C(=O)OC)CC1. The zero-order valence-corrected chi connectivity index (χ0v) is 13.0. The van der Waals surface area contributed by atoms with Crippen molar-refractivity contribution in [3.05, 3.63) is 11.8 Å². The molecular weight excluding hydrogens is 288 g/mol. The molecule has 1 heterocycles. The van der Waals surface area contributed by atoms with E-state index in [-0.39, 0.29) is 11.7 Å². The summed E-state index contributed by atoms with van der Waals surface area (Å²) in [5.41, 5.74) is 0.0592. The lowest BCUT2D eigenvalue weighted by atomic mass is 10.2. The van der Waals surface area contributed by atoms with Crippen LogP contribution in [0.4, 0.5) is 4.79 Å². The maximum Gasteiger partial charge on any atom is 0.409 e. The van der Waals surface area contributed by atoms with Crippen LogP contribution in [0.1, 0.15) is 6.42 Å². The number of nitrogens with zero attached hydrogens (tertiary/aromatic N) is 3. The highest BCUT2D eigenvalue weighted by Crippen LogP contribution is 2.06. The minimum atomic E-state index is -0.394. The number of carbonyl (C=O) groups excluding carboxylic acids is 2. The van der Waals surface area contributed by atoms with Crippen molar-refractivity contribution >= 4 is 12.0 Å². The summed E-state index contributed by atoms with van der Waals surface area (Å²) in [6.45, 7) is 3.12. The van der Waals surface area contributed by atoms with Gasteiger partial charge in [-0.3, -0.25) is 4.79 Å². The molecule has 122 valence electrons. The van der Waals surface area contributed by atoms with Crippen molar-refractivity contribution in [3.8, 4) is 6.07 Å². The number of ether oxygens (including phenoxy) is 2. The molecule has 0 aliphatic carbocycles. The number of nitrogens with one attached hydrogen (secondary N) is 1. The molecule has 0 aromatic rings. The predicted octanol–water partition coefficient (Wildman–Crippen LogP) is -0.0694. The van der Waals surface area contributed by atoms with Gasteiger partial charge in [0, 0.05) is 52.6 Å². The summed E-state index contributed by atoms with van der Waals surface area (Å²) < 4.78 is 9.54. The molecule has 8 heteroatoms. The Bertz CT molecular complexity index is 450. The molecule has 0 unspecified atom stereocenters. The monoisotopic (exact) mass is 310 g/mol. The fourth-order valence-corrected chi connectivity index (χ4v) is 2.00. The fourth-order valence-electron chi connectivity index (χ4n) is 2.00. The lowest BCUT2D eigenvalue weighted by molar-refractivity contribution is -0.117. The van der Waals surface area contributed by atoms with Crippen LogP contribution in [0.2, 0.25) is 0 Å². The van der Waals surface area contributed by atoms with Gasteiger partial charge in [0.15, 0.2) is 0 Å². The molecule has 0 radical (unpaired) electrons. The lowest BCUT2D eigenvalue weighted by Crippen LogP contribution is -2.47. The van der Waals surface area contributed by atoms with Gasteiger partial charge in [0.25, 0.3) is 5.91 Å². The van der Waals surface area contributed by atoms with Gasteiger partial charge in [-0.2, -0.15) is 5.26 Å². The first kappa shape index (κ1) is 17.8. The van der Waals surface area contributed by atoms with Gasteiger partial charge in [-0.05, 0) is 6.42 Å². The van der Waals surface area contributed by atoms with Crippen molar-refractivity contribution < 1.29 is 19.1 Å². The molecule has 0 spiro atoms. The maximum atomic E-state index is 11.9. The van der Waals surface area contributed by atoms with E-state index in [1.807, 2.05) is 11.0 Å². The summed E-state index contributed by atoms with van der Waals surface area (Å²) in [7, 11) is 2.94. The summed E-state index contributed by atoms with van der Waals surface area (Å²) >= 11 is 0. The van der Waals surface area contributed by atoms with E-state index in [2.05, 4.69) is 10.1 Å². The van der Waals surface area contributed by atoms with Gasteiger partial charge < -0.3 is 24.6 Å². The lowest BCUT2D eigenvalue weighted by Gasteiger charge is -2.33. The Morgan fingerprint density at radius 1 is 1.27 bits per heavy atom. The van der Waals surface area contributed by atoms with Gasteiger partial charge in [0.2, 0.25) is 0 Å². The Labute approximate surface area is 130 Å². The third-order valence-corrected chi connectivity index (χ3v) is 3.23. The van der Waals surface area contributed by atoms with Crippen LogP contribution in [0, 0.1) is 11.3 Å². The van der Waals surface area contributed by atoms with E-state index in [1.54, 1.807) is 18.2 Å². The normalized spacial score (nSPS) is 15.2. The van der Waals surface area contributed by atoms with Crippen molar-refractivity contribution in [2.45, 2.75) is 6.42 Å². The van der Waals surface area contributed by atoms with Gasteiger partial charge in [0.05, 0.1) is 7.11 Å². The van der Waals surface area contributed by atoms with Crippen LogP contribution in [-0.4, -0.2) is 75.4 Å². The van der Waals surface area contributed by atoms with E-state index < -0.39 is 5.91 Å². The van der Waals surface area contributed by atoms with E-state index in [0.717, 1.165) is 0 Å². The summed E-state index contributed by atoms with van der Waals surface area (Å²) in [5.74, 6) is -0.394. The maximum absolute atomic E-state index is 11.9. The Morgan fingerprint density at radius 3 is 2.50 bits per heavy atom. The molecule has 1 saturated heterocycles. The first-order valence-corrected chi connectivity index (χ1v) is 7.08. The van der Waals surface area contributed by atoms with Gasteiger partial charge in [-0.15, -0.1) is 0 Å². The summed E-state index contributed by atoms with van der Waals surface area (Å²) in [4.78, 5) is 26.7. The van der Waals surface area contributed by atoms with Crippen LogP contribution in [0.25, 0.3) is 0 Å². The summed E-state index contributed by atoms with van der Waals surface area (Å²) in [5, 5.41) is 11.8. The first-order chi connectivity index (χ1) is 10.6. The number of hydrogen-bond donors (Lipinski definition) is 1. The summed E-state index contributed by atoms with van der Waals surface area (Å²) in [6, 6.07) is 1.91. The quantitative estimate of drug-likeness (QED) is 0.419. The van der Waals surface area contributed by atoms with Gasteiger partial charge in [0.1, 0.15) is 11.6 Å².